The Morgan fingerprint density at radius 3 is 2.79 bits per heavy atom. The Kier molecular flexibility index (Phi) is 2.63. The summed E-state index contributed by atoms with van der Waals surface area (Å²) in [4.78, 5) is 23.3. The van der Waals surface area contributed by atoms with Crippen molar-refractivity contribution in [1.29, 1.82) is 0 Å². The number of aryl methyl sites for hydroxylation is 2. The second-order valence-electron chi connectivity index (χ2n) is 4.55. The molecule has 1 aliphatic rings. The zero-order valence-electron chi connectivity index (χ0n) is 9.81. The number of hydrogen-bond acceptors (Lipinski definition) is 3. The maximum atomic E-state index is 12.2. The largest absolute Gasteiger partial charge is 0.506 e. The summed E-state index contributed by atoms with van der Waals surface area (Å²) in [7, 11) is 0. The molecule has 2 heterocycles. The van der Waals surface area contributed by atoms with Crippen molar-refractivity contribution in [2.45, 2.75) is 19.4 Å². The third-order valence-corrected chi connectivity index (χ3v) is 3.87. The van der Waals surface area contributed by atoms with Gasteiger partial charge >= 0.3 is 5.97 Å². The van der Waals surface area contributed by atoms with Gasteiger partial charge in [-0.3, -0.25) is 4.79 Å². The van der Waals surface area contributed by atoms with Gasteiger partial charge in [0.2, 0.25) is 0 Å². The number of carbonyl (C=O) groups is 1. The first kappa shape index (κ1) is 12.2. The quantitative estimate of drug-likeness (QED) is 0.842. The van der Waals surface area contributed by atoms with Crippen LogP contribution in [0.2, 0.25) is 0 Å². The maximum absolute atomic E-state index is 12.2. The molecule has 0 saturated heterocycles. The molecule has 1 aromatic heterocycles. The van der Waals surface area contributed by atoms with Crippen molar-refractivity contribution in [2.24, 2.45) is 0 Å². The molecule has 2 N–H and O–H groups in total. The number of aromatic nitrogens is 1. The number of rotatable bonds is 1. The van der Waals surface area contributed by atoms with E-state index in [4.69, 9.17) is 5.11 Å². The predicted octanol–water partition coefficient (Wildman–Crippen LogP) is 2.11. The van der Waals surface area contributed by atoms with E-state index in [1.165, 1.54) is 4.57 Å². The minimum Gasteiger partial charge on any atom is -0.506 e. The molecule has 1 aliphatic heterocycles. The van der Waals surface area contributed by atoms with Crippen molar-refractivity contribution in [2.75, 3.05) is 0 Å². The number of nitrogens with zero attached hydrogens (tertiary/aromatic N) is 1. The van der Waals surface area contributed by atoms with Crippen LogP contribution in [-0.2, 0) is 13.0 Å². The molecular weight excluding hydrogens is 314 g/mol. The normalized spacial score (nSPS) is 13.7. The molecule has 5 nitrogen and oxygen atoms in total. The average molecular weight is 324 g/mol. The third-order valence-electron chi connectivity index (χ3n) is 3.42. The lowest BCUT2D eigenvalue weighted by Gasteiger charge is -2.21. The van der Waals surface area contributed by atoms with Crippen LogP contribution >= 0.6 is 15.9 Å². The number of halogens is 1. The summed E-state index contributed by atoms with van der Waals surface area (Å²) in [6.07, 6.45) is 1.59. The van der Waals surface area contributed by atoms with Crippen LogP contribution in [0.4, 0.5) is 0 Å². The number of benzene rings is 1. The summed E-state index contributed by atoms with van der Waals surface area (Å²) >= 11 is 3.34. The van der Waals surface area contributed by atoms with Crippen molar-refractivity contribution >= 4 is 32.8 Å². The molecule has 1 aromatic carbocycles. The molecule has 0 bridgehead atoms. The molecule has 0 aliphatic carbocycles. The molecule has 0 fully saturated rings. The molecule has 0 amide bonds. The molecule has 0 unspecified atom stereocenters. The van der Waals surface area contributed by atoms with Crippen LogP contribution < -0.4 is 5.56 Å². The van der Waals surface area contributed by atoms with Crippen LogP contribution in [0.15, 0.2) is 21.4 Å². The topological polar surface area (TPSA) is 79.5 Å². The van der Waals surface area contributed by atoms with Crippen molar-refractivity contribution in [3.05, 3.63) is 38.1 Å². The monoisotopic (exact) mass is 323 g/mol. The Labute approximate surface area is 116 Å². The Balaban J connectivity index is 2.59. The molecule has 0 spiro atoms. The van der Waals surface area contributed by atoms with E-state index in [1.807, 2.05) is 6.07 Å². The molecule has 0 atom stereocenters. The fourth-order valence-electron chi connectivity index (χ4n) is 2.65. The average Bonchev–Trinajstić information content (AvgIpc) is 2.35. The van der Waals surface area contributed by atoms with Crippen LogP contribution in [0.5, 0.6) is 5.75 Å². The zero-order valence-corrected chi connectivity index (χ0v) is 11.4. The van der Waals surface area contributed by atoms with Gasteiger partial charge in [0, 0.05) is 16.4 Å². The standard InChI is InChI=1S/C13H10BrNO4/c14-7-4-6-2-1-3-15-10(6)8(5-7)11(16)9(12(15)17)13(18)19/h4-5,16H,1-3H2,(H,18,19). The van der Waals surface area contributed by atoms with E-state index in [2.05, 4.69) is 15.9 Å². The number of hydrogen-bond donors (Lipinski definition) is 2. The van der Waals surface area contributed by atoms with Crippen LogP contribution in [0, 0.1) is 0 Å². The van der Waals surface area contributed by atoms with Crippen LogP contribution in [0.3, 0.4) is 0 Å². The van der Waals surface area contributed by atoms with Crippen LogP contribution in [0.1, 0.15) is 22.3 Å². The molecule has 19 heavy (non-hydrogen) atoms. The smallest absolute Gasteiger partial charge is 0.345 e. The molecule has 0 radical (unpaired) electrons. The Morgan fingerprint density at radius 2 is 2.11 bits per heavy atom. The molecular formula is C13H10BrNO4. The molecule has 0 saturated carbocycles. The highest BCUT2D eigenvalue weighted by Crippen LogP contribution is 2.34. The first-order chi connectivity index (χ1) is 9.00. The van der Waals surface area contributed by atoms with Crippen molar-refractivity contribution in [1.82, 2.24) is 4.57 Å². The fourth-order valence-corrected chi connectivity index (χ4v) is 3.16. The van der Waals surface area contributed by atoms with E-state index in [-0.39, 0.29) is 0 Å². The summed E-state index contributed by atoms with van der Waals surface area (Å²) in [5, 5.41) is 19.6. The van der Waals surface area contributed by atoms with Crippen molar-refractivity contribution in [3.8, 4) is 5.75 Å². The van der Waals surface area contributed by atoms with Gasteiger partial charge in [-0.15, -0.1) is 0 Å². The highest BCUT2D eigenvalue weighted by Gasteiger charge is 2.25. The lowest BCUT2D eigenvalue weighted by molar-refractivity contribution is 0.0691. The second-order valence-corrected chi connectivity index (χ2v) is 5.47. The lowest BCUT2D eigenvalue weighted by atomic mass is 9.99. The summed E-state index contributed by atoms with van der Waals surface area (Å²) in [5.74, 6) is -1.85. The maximum Gasteiger partial charge on any atom is 0.345 e. The number of carboxylic acids is 1. The van der Waals surface area contributed by atoms with Gasteiger partial charge in [0.25, 0.3) is 5.56 Å². The molecule has 6 heteroatoms. The van der Waals surface area contributed by atoms with E-state index in [0.717, 1.165) is 22.9 Å². The predicted molar refractivity (Wildman–Crippen MR) is 72.9 cm³/mol. The van der Waals surface area contributed by atoms with Gasteiger partial charge in [-0.2, -0.15) is 0 Å². The van der Waals surface area contributed by atoms with E-state index in [1.54, 1.807) is 6.07 Å². The first-order valence-electron chi connectivity index (χ1n) is 5.82. The highest BCUT2D eigenvalue weighted by atomic mass is 79.9. The lowest BCUT2D eigenvalue weighted by Crippen LogP contribution is -2.29. The van der Waals surface area contributed by atoms with Crippen LogP contribution in [0.25, 0.3) is 10.9 Å². The number of carboxylic acid groups (broad SMARTS) is 1. The van der Waals surface area contributed by atoms with Gasteiger partial charge in [-0.25, -0.2) is 4.79 Å². The summed E-state index contributed by atoms with van der Waals surface area (Å²) in [6.45, 7) is 0.477. The summed E-state index contributed by atoms with van der Waals surface area (Å²) < 4.78 is 2.21. The SMILES string of the molecule is O=C(O)c1c(O)c2cc(Br)cc3c2n(c1=O)CCC3. The van der Waals surface area contributed by atoms with Crippen LogP contribution in [-0.4, -0.2) is 20.7 Å². The van der Waals surface area contributed by atoms with Gasteiger partial charge < -0.3 is 14.8 Å². The number of aromatic carboxylic acids is 1. The Hall–Kier alpha value is -1.82. The molecule has 2 aromatic rings. The Morgan fingerprint density at radius 1 is 1.37 bits per heavy atom. The molecule has 3 rings (SSSR count). The van der Waals surface area contributed by atoms with Gasteiger partial charge in [-0.05, 0) is 30.5 Å². The van der Waals surface area contributed by atoms with Gasteiger partial charge in [-0.1, -0.05) is 15.9 Å². The van der Waals surface area contributed by atoms with E-state index in [0.29, 0.717) is 17.4 Å². The Bertz CT molecular complexity index is 779. The second kappa shape index (κ2) is 4.09. The minimum atomic E-state index is -1.40. The number of aromatic hydroxyl groups is 1. The van der Waals surface area contributed by atoms with Crippen molar-refractivity contribution < 1.29 is 15.0 Å². The van der Waals surface area contributed by atoms with E-state index in [9.17, 15) is 14.7 Å². The van der Waals surface area contributed by atoms with Gasteiger partial charge in [0.15, 0.2) is 5.56 Å². The zero-order chi connectivity index (χ0) is 13.7. The molecule has 98 valence electrons. The van der Waals surface area contributed by atoms with E-state index >= 15 is 0 Å². The van der Waals surface area contributed by atoms with E-state index < -0.39 is 22.8 Å². The fraction of sp³-hybridized carbons (Fsp3) is 0.231. The highest BCUT2D eigenvalue weighted by molar-refractivity contribution is 9.10. The van der Waals surface area contributed by atoms with Gasteiger partial charge in [0.05, 0.1) is 5.52 Å². The third kappa shape index (κ3) is 1.67. The van der Waals surface area contributed by atoms with Gasteiger partial charge in [0.1, 0.15) is 5.75 Å². The summed E-state index contributed by atoms with van der Waals surface area (Å²) in [5.41, 5.74) is 0.390. The first-order valence-corrected chi connectivity index (χ1v) is 6.61. The summed E-state index contributed by atoms with van der Waals surface area (Å²) in [6, 6.07) is 3.54. The van der Waals surface area contributed by atoms with Crippen molar-refractivity contribution in [3.63, 3.8) is 0 Å². The minimum absolute atomic E-state index is 0.404. The number of pyridine rings is 1.